The third-order valence-corrected chi connectivity index (χ3v) is 8.15. The van der Waals surface area contributed by atoms with E-state index >= 15 is 0 Å². The summed E-state index contributed by atoms with van der Waals surface area (Å²) in [7, 11) is -3.67. The van der Waals surface area contributed by atoms with Gasteiger partial charge in [-0.25, -0.2) is 8.42 Å². The highest BCUT2D eigenvalue weighted by molar-refractivity contribution is 8.00. The predicted octanol–water partition coefficient (Wildman–Crippen LogP) is 4.39. The Morgan fingerprint density at radius 1 is 1.13 bits per heavy atom. The molecule has 1 aliphatic rings. The van der Waals surface area contributed by atoms with E-state index in [0.717, 1.165) is 4.90 Å². The molecule has 31 heavy (non-hydrogen) atoms. The smallest absolute Gasteiger partial charge is 0.243 e. The topological polar surface area (TPSA) is 75.7 Å². The molecule has 3 rings (SSSR count). The summed E-state index contributed by atoms with van der Waals surface area (Å²) in [4.78, 5) is 13.5. The first-order chi connectivity index (χ1) is 14.6. The van der Waals surface area contributed by atoms with E-state index in [-0.39, 0.29) is 32.7 Å². The van der Waals surface area contributed by atoms with E-state index in [1.807, 2.05) is 12.1 Å². The Kier molecular flexibility index (Phi) is 7.70. The third kappa shape index (κ3) is 6.23. The van der Waals surface area contributed by atoms with Crippen LogP contribution in [-0.2, 0) is 25.0 Å². The van der Waals surface area contributed by atoms with E-state index in [9.17, 15) is 13.2 Å². The zero-order chi connectivity index (χ0) is 22.6. The van der Waals surface area contributed by atoms with Gasteiger partial charge in [-0.15, -0.1) is 11.8 Å². The van der Waals surface area contributed by atoms with Crippen LogP contribution in [0, 0.1) is 0 Å². The molecule has 1 saturated heterocycles. The summed E-state index contributed by atoms with van der Waals surface area (Å²) in [6.45, 7) is 7.79. The second-order valence-electron chi connectivity index (χ2n) is 8.27. The van der Waals surface area contributed by atoms with Crippen LogP contribution in [0.1, 0.15) is 26.3 Å². The Morgan fingerprint density at radius 2 is 1.77 bits per heavy atom. The number of anilines is 1. The van der Waals surface area contributed by atoms with Gasteiger partial charge in [0.25, 0.3) is 0 Å². The van der Waals surface area contributed by atoms with Crippen molar-refractivity contribution in [1.82, 2.24) is 4.31 Å². The van der Waals surface area contributed by atoms with E-state index in [1.54, 1.807) is 0 Å². The van der Waals surface area contributed by atoms with E-state index in [4.69, 9.17) is 16.3 Å². The molecule has 2 aromatic carbocycles. The van der Waals surface area contributed by atoms with Gasteiger partial charge in [-0.1, -0.05) is 44.5 Å². The van der Waals surface area contributed by atoms with Gasteiger partial charge in [0.1, 0.15) is 0 Å². The average molecular weight is 483 g/mol. The van der Waals surface area contributed by atoms with Crippen molar-refractivity contribution >= 4 is 45.0 Å². The van der Waals surface area contributed by atoms with Crippen molar-refractivity contribution in [2.45, 2.75) is 36.0 Å². The van der Waals surface area contributed by atoms with Crippen molar-refractivity contribution in [2.24, 2.45) is 0 Å². The first-order valence-corrected chi connectivity index (χ1v) is 12.8. The van der Waals surface area contributed by atoms with Gasteiger partial charge in [0.2, 0.25) is 15.9 Å². The first kappa shape index (κ1) is 24.1. The van der Waals surface area contributed by atoms with Crippen LogP contribution in [0.3, 0.4) is 0 Å². The number of thioether (sulfide) groups is 1. The zero-order valence-corrected chi connectivity index (χ0v) is 20.2. The van der Waals surface area contributed by atoms with E-state index in [1.165, 1.54) is 39.8 Å². The fourth-order valence-electron chi connectivity index (χ4n) is 3.08. The van der Waals surface area contributed by atoms with Crippen LogP contribution in [0.5, 0.6) is 0 Å². The van der Waals surface area contributed by atoms with E-state index in [0.29, 0.717) is 26.3 Å². The van der Waals surface area contributed by atoms with Gasteiger partial charge in [0, 0.05) is 18.0 Å². The molecule has 0 radical (unpaired) electrons. The lowest BCUT2D eigenvalue weighted by molar-refractivity contribution is -0.113. The van der Waals surface area contributed by atoms with Crippen molar-refractivity contribution in [2.75, 3.05) is 37.4 Å². The zero-order valence-electron chi connectivity index (χ0n) is 17.9. The number of nitrogens with zero attached hydrogens (tertiary/aromatic N) is 1. The molecule has 0 aliphatic carbocycles. The fourth-order valence-corrected chi connectivity index (χ4v) is 5.38. The Morgan fingerprint density at radius 3 is 2.39 bits per heavy atom. The van der Waals surface area contributed by atoms with Gasteiger partial charge in [0.05, 0.1) is 34.6 Å². The molecule has 9 heteroatoms. The Balaban J connectivity index is 1.65. The third-order valence-electron chi connectivity index (χ3n) is 4.91. The number of benzene rings is 2. The lowest BCUT2D eigenvalue weighted by atomic mass is 9.87. The van der Waals surface area contributed by atoms with Gasteiger partial charge in [-0.05, 0) is 41.3 Å². The molecule has 1 amide bonds. The lowest BCUT2D eigenvalue weighted by Crippen LogP contribution is -2.40. The highest BCUT2D eigenvalue weighted by Gasteiger charge is 2.27. The Labute approximate surface area is 193 Å². The number of rotatable bonds is 6. The summed E-state index contributed by atoms with van der Waals surface area (Å²) in [5, 5.41) is 3.02. The molecule has 1 heterocycles. The van der Waals surface area contributed by atoms with Crippen molar-refractivity contribution in [3.05, 3.63) is 53.1 Å². The van der Waals surface area contributed by atoms with Crippen molar-refractivity contribution in [3.8, 4) is 0 Å². The number of ether oxygens (including phenoxy) is 1. The van der Waals surface area contributed by atoms with Gasteiger partial charge in [0.15, 0.2) is 0 Å². The molecule has 0 atom stereocenters. The van der Waals surface area contributed by atoms with Crippen molar-refractivity contribution in [3.63, 3.8) is 0 Å². The fraction of sp³-hybridized carbons (Fsp3) is 0.409. The van der Waals surface area contributed by atoms with Crippen LogP contribution in [0.15, 0.2) is 52.3 Å². The normalized spacial score (nSPS) is 15.6. The molecule has 168 valence electrons. The maximum Gasteiger partial charge on any atom is 0.243 e. The number of carbonyl (C=O) groups is 1. The molecule has 2 aromatic rings. The van der Waals surface area contributed by atoms with E-state index in [2.05, 4.69) is 38.2 Å². The van der Waals surface area contributed by atoms with Crippen LogP contribution in [0.4, 0.5) is 5.69 Å². The summed E-state index contributed by atoms with van der Waals surface area (Å²) >= 11 is 7.61. The monoisotopic (exact) mass is 482 g/mol. The summed E-state index contributed by atoms with van der Waals surface area (Å²) in [5.74, 6) is -0.0706. The molecule has 1 N–H and O–H groups in total. The minimum absolute atomic E-state index is 0.0733. The molecular formula is C22H27ClN2O4S2. The molecule has 0 saturated carbocycles. The van der Waals surface area contributed by atoms with Crippen molar-refractivity contribution < 1.29 is 17.9 Å². The number of hydrogen-bond donors (Lipinski definition) is 1. The summed E-state index contributed by atoms with van der Waals surface area (Å²) < 4.78 is 32.3. The Hall–Kier alpha value is -1.58. The van der Waals surface area contributed by atoms with Crippen LogP contribution in [-0.4, -0.2) is 50.7 Å². The number of amides is 1. The first-order valence-electron chi connectivity index (χ1n) is 9.98. The van der Waals surface area contributed by atoms with E-state index < -0.39 is 10.0 Å². The average Bonchev–Trinajstić information content (AvgIpc) is 2.74. The molecule has 0 unspecified atom stereocenters. The number of carbonyl (C=O) groups excluding carboxylic acids is 1. The van der Waals surface area contributed by atoms with Gasteiger partial charge < -0.3 is 10.1 Å². The lowest BCUT2D eigenvalue weighted by Gasteiger charge is -2.26. The van der Waals surface area contributed by atoms with Crippen molar-refractivity contribution in [1.29, 1.82) is 0 Å². The summed E-state index contributed by atoms with van der Waals surface area (Å²) in [6, 6.07) is 12.5. The standard InChI is InChI=1S/C22H27ClN2O4S2/c1-22(2,3)16-4-6-17(7-5-16)30-15-21(26)24-20-14-18(8-9-19(20)23)31(27,28)25-10-12-29-13-11-25/h4-9,14H,10-13,15H2,1-3H3,(H,24,26). The summed E-state index contributed by atoms with van der Waals surface area (Å²) in [6.07, 6.45) is 0. The number of nitrogens with one attached hydrogen (secondary N) is 1. The van der Waals surface area contributed by atoms with Crippen LogP contribution >= 0.6 is 23.4 Å². The SMILES string of the molecule is CC(C)(C)c1ccc(SCC(=O)Nc2cc(S(=O)(=O)N3CCOCC3)ccc2Cl)cc1. The molecule has 0 bridgehead atoms. The van der Waals surface area contributed by atoms with Gasteiger partial charge in [-0.2, -0.15) is 4.31 Å². The predicted molar refractivity (Wildman–Crippen MR) is 126 cm³/mol. The number of halogens is 1. The quantitative estimate of drug-likeness (QED) is 0.618. The highest BCUT2D eigenvalue weighted by Crippen LogP contribution is 2.29. The Bertz CT molecular complexity index is 1030. The minimum Gasteiger partial charge on any atom is -0.379 e. The maximum absolute atomic E-state index is 12.9. The molecule has 6 nitrogen and oxygen atoms in total. The number of sulfonamides is 1. The largest absolute Gasteiger partial charge is 0.379 e. The summed E-state index contributed by atoms with van der Waals surface area (Å²) in [5.41, 5.74) is 1.58. The van der Waals surface area contributed by atoms with Crippen LogP contribution < -0.4 is 5.32 Å². The highest BCUT2D eigenvalue weighted by atomic mass is 35.5. The molecule has 1 aliphatic heterocycles. The van der Waals surface area contributed by atoms with Crippen LogP contribution in [0.2, 0.25) is 5.02 Å². The van der Waals surface area contributed by atoms with Gasteiger partial charge >= 0.3 is 0 Å². The number of hydrogen-bond acceptors (Lipinski definition) is 5. The second-order valence-corrected chi connectivity index (χ2v) is 11.7. The molecule has 0 spiro atoms. The molecule has 0 aromatic heterocycles. The second kappa shape index (κ2) is 9.92. The number of morpholine rings is 1. The minimum atomic E-state index is -3.67. The maximum atomic E-state index is 12.9. The molecule has 1 fully saturated rings. The van der Waals surface area contributed by atoms with Crippen LogP contribution in [0.25, 0.3) is 0 Å². The van der Waals surface area contributed by atoms with Gasteiger partial charge in [-0.3, -0.25) is 4.79 Å². The molecular weight excluding hydrogens is 456 g/mol.